The number of hydrogen-bond donors (Lipinski definition) is 0. The summed E-state index contributed by atoms with van der Waals surface area (Å²) in [7, 11) is 0. The molecule has 0 N–H and O–H groups in total. The number of thioether (sulfide) groups is 1. The van der Waals surface area contributed by atoms with Crippen molar-refractivity contribution in [3.8, 4) is 0 Å². The predicted molar refractivity (Wildman–Crippen MR) is 105 cm³/mol. The van der Waals surface area contributed by atoms with Crippen molar-refractivity contribution in [2.24, 2.45) is 0 Å². The number of nitrogens with zero attached hydrogens (tertiary/aromatic N) is 2. The Labute approximate surface area is 169 Å². The zero-order valence-electron chi connectivity index (χ0n) is 14.7. The average Bonchev–Trinajstić information content (AvgIpc) is 3.24. The van der Waals surface area contributed by atoms with Gasteiger partial charge in [0.1, 0.15) is 0 Å². The van der Waals surface area contributed by atoms with Gasteiger partial charge in [-0.15, -0.1) is 23.1 Å². The summed E-state index contributed by atoms with van der Waals surface area (Å²) >= 11 is 3.22. The topological polar surface area (TPSA) is 76.6 Å². The van der Waals surface area contributed by atoms with E-state index in [1.165, 1.54) is 12.1 Å². The van der Waals surface area contributed by atoms with Crippen molar-refractivity contribution in [3.05, 3.63) is 81.3 Å². The molecule has 0 aliphatic carbocycles. The van der Waals surface area contributed by atoms with E-state index in [2.05, 4.69) is 4.98 Å². The van der Waals surface area contributed by atoms with Crippen molar-refractivity contribution in [2.45, 2.75) is 17.6 Å². The first-order chi connectivity index (χ1) is 13.5. The second-order valence-corrected chi connectivity index (χ2v) is 8.11. The number of thiazole rings is 1. The molecule has 1 aromatic heterocycles. The van der Waals surface area contributed by atoms with Crippen molar-refractivity contribution < 1.29 is 19.2 Å². The number of carbonyl (C=O) groups excluding carboxylic acids is 3. The highest BCUT2D eigenvalue weighted by atomic mass is 32.2. The highest BCUT2D eigenvalue weighted by Gasteiger charge is 2.38. The minimum atomic E-state index is -0.763. The summed E-state index contributed by atoms with van der Waals surface area (Å²) in [5, 5.41) is 3.57. The van der Waals surface area contributed by atoms with Crippen LogP contribution in [0.3, 0.4) is 0 Å². The molecular weight excluding hydrogens is 396 g/mol. The molecule has 0 saturated heterocycles. The third-order valence-electron chi connectivity index (χ3n) is 4.07. The van der Waals surface area contributed by atoms with E-state index in [4.69, 9.17) is 4.84 Å². The Morgan fingerprint density at radius 3 is 2.29 bits per heavy atom. The third kappa shape index (κ3) is 3.56. The van der Waals surface area contributed by atoms with Crippen LogP contribution in [0, 0.1) is 6.92 Å². The molecule has 1 aliphatic heterocycles. The average molecular weight is 410 g/mol. The minimum absolute atomic E-state index is 0.226. The predicted octanol–water partition coefficient (Wildman–Crippen LogP) is 4.11. The van der Waals surface area contributed by atoms with Crippen LogP contribution >= 0.6 is 23.1 Å². The normalized spacial score (nSPS) is 13.0. The van der Waals surface area contributed by atoms with Gasteiger partial charge in [-0.05, 0) is 43.3 Å². The standard InChI is InChI=1S/C20H14N2O4S2/c1-12-21-14(10-27-12)11-28-15-8-6-13(7-9-15)20(25)26-22-18(23)16-4-2-3-5-17(16)19(22)24/h2-10H,11H2,1H3. The first-order valence-corrected chi connectivity index (χ1v) is 10.2. The van der Waals surface area contributed by atoms with Crippen molar-refractivity contribution in [1.82, 2.24) is 10.0 Å². The van der Waals surface area contributed by atoms with Crippen LogP contribution in [0.4, 0.5) is 0 Å². The smallest absolute Gasteiger partial charge is 0.324 e. The summed E-state index contributed by atoms with van der Waals surface area (Å²) in [5.41, 5.74) is 1.72. The van der Waals surface area contributed by atoms with Crippen LogP contribution < -0.4 is 0 Å². The summed E-state index contributed by atoms with van der Waals surface area (Å²) in [4.78, 5) is 47.3. The lowest BCUT2D eigenvalue weighted by Crippen LogP contribution is -2.32. The Morgan fingerprint density at radius 1 is 1.07 bits per heavy atom. The Kier molecular flexibility index (Phi) is 4.97. The maximum Gasteiger partial charge on any atom is 0.363 e. The monoisotopic (exact) mass is 410 g/mol. The van der Waals surface area contributed by atoms with Crippen molar-refractivity contribution in [1.29, 1.82) is 0 Å². The number of amides is 2. The van der Waals surface area contributed by atoms with Gasteiger partial charge in [-0.1, -0.05) is 17.2 Å². The van der Waals surface area contributed by atoms with Gasteiger partial charge in [0.05, 0.1) is 27.4 Å². The maximum atomic E-state index is 12.4. The Balaban J connectivity index is 1.40. The molecule has 2 aromatic carbocycles. The van der Waals surface area contributed by atoms with E-state index >= 15 is 0 Å². The molecule has 0 spiro atoms. The number of imide groups is 1. The fraction of sp³-hybridized carbons (Fsp3) is 0.100. The lowest BCUT2D eigenvalue weighted by atomic mass is 10.1. The van der Waals surface area contributed by atoms with Gasteiger partial charge in [0.2, 0.25) is 0 Å². The fourth-order valence-corrected chi connectivity index (χ4v) is 4.21. The first-order valence-electron chi connectivity index (χ1n) is 8.37. The Hall–Kier alpha value is -2.97. The molecule has 0 bridgehead atoms. The fourth-order valence-electron chi connectivity index (χ4n) is 2.70. The molecular formula is C20H14N2O4S2. The van der Waals surface area contributed by atoms with Crippen LogP contribution in [0.15, 0.2) is 58.8 Å². The molecule has 8 heteroatoms. The summed E-state index contributed by atoms with van der Waals surface area (Å²) in [6.45, 7) is 1.97. The van der Waals surface area contributed by atoms with Crippen LogP contribution in [0.25, 0.3) is 0 Å². The molecule has 2 amide bonds. The van der Waals surface area contributed by atoms with E-state index in [0.29, 0.717) is 5.06 Å². The van der Waals surface area contributed by atoms with Gasteiger partial charge in [0, 0.05) is 16.0 Å². The number of benzene rings is 2. The number of hydroxylamine groups is 2. The Morgan fingerprint density at radius 2 is 1.71 bits per heavy atom. The molecule has 0 fully saturated rings. The molecule has 0 atom stereocenters. The van der Waals surface area contributed by atoms with E-state index in [-0.39, 0.29) is 16.7 Å². The number of hydrogen-bond acceptors (Lipinski definition) is 7. The van der Waals surface area contributed by atoms with Crippen LogP contribution in [0.1, 0.15) is 41.8 Å². The maximum absolute atomic E-state index is 12.4. The zero-order valence-corrected chi connectivity index (χ0v) is 16.4. The van der Waals surface area contributed by atoms with E-state index < -0.39 is 17.8 Å². The SMILES string of the molecule is Cc1nc(CSc2ccc(C(=O)ON3C(=O)c4ccccc4C3=O)cc2)cs1. The zero-order chi connectivity index (χ0) is 19.7. The van der Waals surface area contributed by atoms with Crippen molar-refractivity contribution in [2.75, 3.05) is 0 Å². The molecule has 140 valence electrons. The number of carbonyl (C=O) groups is 3. The van der Waals surface area contributed by atoms with Gasteiger partial charge in [-0.25, -0.2) is 9.78 Å². The van der Waals surface area contributed by atoms with Crippen LogP contribution in [0.5, 0.6) is 0 Å². The summed E-state index contributed by atoms with van der Waals surface area (Å²) in [5.74, 6) is -1.30. The highest BCUT2D eigenvalue weighted by Crippen LogP contribution is 2.25. The largest absolute Gasteiger partial charge is 0.363 e. The highest BCUT2D eigenvalue weighted by molar-refractivity contribution is 7.98. The molecule has 2 heterocycles. The van der Waals surface area contributed by atoms with E-state index in [1.54, 1.807) is 59.5 Å². The van der Waals surface area contributed by atoms with Gasteiger partial charge < -0.3 is 4.84 Å². The van der Waals surface area contributed by atoms with E-state index in [9.17, 15) is 14.4 Å². The molecule has 1 aliphatic rings. The molecule has 0 radical (unpaired) electrons. The summed E-state index contributed by atoms with van der Waals surface area (Å²) in [6, 6.07) is 13.2. The molecule has 0 saturated carbocycles. The van der Waals surface area contributed by atoms with Crippen LogP contribution in [-0.2, 0) is 10.6 Å². The Bertz CT molecular complexity index is 1040. The summed E-state index contributed by atoms with van der Waals surface area (Å²) in [6.07, 6.45) is 0. The summed E-state index contributed by atoms with van der Waals surface area (Å²) < 4.78 is 0. The number of aryl methyl sites for hydroxylation is 1. The second kappa shape index (κ2) is 7.57. The second-order valence-electron chi connectivity index (χ2n) is 6.00. The van der Waals surface area contributed by atoms with Crippen LogP contribution in [-0.4, -0.2) is 27.8 Å². The molecule has 0 unspecified atom stereocenters. The van der Waals surface area contributed by atoms with E-state index in [1.807, 2.05) is 12.3 Å². The lowest BCUT2D eigenvalue weighted by Gasteiger charge is -2.12. The number of fused-ring (bicyclic) bond motifs is 1. The van der Waals surface area contributed by atoms with E-state index in [0.717, 1.165) is 21.3 Å². The number of aromatic nitrogens is 1. The molecule has 4 rings (SSSR count). The first kappa shape index (κ1) is 18.4. The number of rotatable bonds is 5. The quantitative estimate of drug-likeness (QED) is 0.465. The van der Waals surface area contributed by atoms with Crippen LogP contribution in [0.2, 0.25) is 0 Å². The third-order valence-corrected chi connectivity index (χ3v) is 5.94. The van der Waals surface area contributed by atoms with Gasteiger partial charge >= 0.3 is 5.97 Å². The minimum Gasteiger partial charge on any atom is -0.324 e. The van der Waals surface area contributed by atoms with Crippen molar-refractivity contribution in [3.63, 3.8) is 0 Å². The van der Waals surface area contributed by atoms with Gasteiger partial charge in [-0.3, -0.25) is 9.59 Å². The van der Waals surface area contributed by atoms with Gasteiger partial charge in [-0.2, -0.15) is 0 Å². The molecule has 3 aromatic rings. The lowest BCUT2D eigenvalue weighted by molar-refractivity contribution is -0.0584. The van der Waals surface area contributed by atoms with Gasteiger partial charge in [0.15, 0.2) is 0 Å². The molecule has 28 heavy (non-hydrogen) atoms. The molecule has 6 nitrogen and oxygen atoms in total. The van der Waals surface area contributed by atoms with Gasteiger partial charge in [0.25, 0.3) is 11.8 Å². The van der Waals surface area contributed by atoms with Crippen molar-refractivity contribution >= 4 is 40.9 Å².